The molecular weight excluding hydrogens is 250 g/mol. The van der Waals surface area contributed by atoms with Gasteiger partial charge in [0.15, 0.2) is 0 Å². The van der Waals surface area contributed by atoms with Crippen molar-refractivity contribution in [2.24, 2.45) is 0 Å². The van der Waals surface area contributed by atoms with Gasteiger partial charge >= 0.3 is 0 Å². The fourth-order valence-corrected chi connectivity index (χ4v) is 3.51. The molecule has 1 aromatic carbocycles. The second-order valence-electron chi connectivity index (χ2n) is 5.42. The van der Waals surface area contributed by atoms with Crippen molar-refractivity contribution >= 4 is 11.3 Å². The van der Waals surface area contributed by atoms with Crippen LogP contribution in [0.4, 0.5) is 0 Å². The fraction of sp³-hybridized carbons (Fsp3) is 0.412. The summed E-state index contributed by atoms with van der Waals surface area (Å²) in [6, 6.07) is 14.1. The Balaban J connectivity index is 1.71. The Hall–Kier alpha value is -1.12. The second-order valence-corrected chi connectivity index (χ2v) is 6.45. The van der Waals surface area contributed by atoms with Crippen LogP contribution in [0.25, 0.3) is 0 Å². The van der Waals surface area contributed by atoms with Crippen molar-refractivity contribution in [2.75, 3.05) is 7.05 Å². The summed E-state index contributed by atoms with van der Waals surface area (Å²) in [4.78, 5) is 1.45. The van der Waals surface area contributed by atoms with Gasteiger partial charge in [-0.2, -0.15) is 0 Å². The molecule has 1 heterocycles. The quantitative estimate of drug-likeness (QED) is 0.843. The van der Waals surface area contributed by atoms with Gasteiger partial charge < -0.3 is 5.32 Å². The van der Waals surface area contributed by atoms with Crippen LogP contribution in [-0.2, 0) is 6.42 Å². The average molecular weight is 271 g/mol. The maximum absolute atomic E-state index is 3.44. The fourth-order valence-electron chi connectivity index (χ4n) is 2.76. The van der Waals surface area contributed by atoms with Gasteiger partial charge in [0.25, 0.3) is 0 Å². The minimum absolute atomic E-state index is 0.425. The van der Waals surface area contributed by atoms with Gasteiger partial charge in [-0.05, 0) is 48.4 Å². The van der Waals surface area contributed by atoms with Crippen molar-refractivity contribution in [1.82, 2.24) is 5.32 Å². The third kappa shape index (κ3) is 2.90. The molecule has 1 nitrogen and oxygen atoms in total. The van der Waals surface area contributed by atoms with Crippen LogP contribution >= 0.6 is 11.3 Å². The normalized spacial score (nSPS) is 17.1. The Labute approximate surface area is 119 Å². The van der Waals surface area contributed by atoms with Gasteiger partial charge in [0, 0.05) is 17.3 Å². The molecule has 1 fully saturated rings. The Morgan fingerprint density at radius 2 is 2.00 bits per heavy atom. The third-order valence-corrected chi connectivity index (χ3v) is 5.15. The van der Waals surface area contributed by atoms with E-state index < -0.39 is 0 Å². The third-order valence-electron chi connectivity index (χ3n) is 4.25. The number of hydrogen-bond donors (Lipinski definition) is 1. The van der Waals surface area contributed by atoms with E-state index in [2.05, 4.69) is 54.1 Å². The number of benzene rings is 1. The first-order chi connectivity index (χ1) is 9.36. The van der Waals surface area contributed by atoms with E-state index >= 15 is 0 Å². The molecule has 100 valence electrons. The zero-order valence-corrected chi connectivity index (χ0v) is 12.2. The second kappa shape index (κ2) is 5.89. The SMILES string of the molecule is CNC(Cc1cccs1)c1ccc(C2CCC2)cc1. The van der Waals surface area contributed by atoms with Crippen molar-refractivity contribution in [1.29, 1.82) is 0 Å². The predicted octanol–water partition coefficient (Wildman–Crippen LogP) is 4.52. The molecule has 1 aliphatic rings. The summed E-state index contributed by atoms with van der Waals surface area (Å²) in [5.74, 6) is 0.833. The first-order valence-corrected chi connectivity index (χ1v) is 8.04. The molecule has 0 radical (unpaired) electrons. The van der Waals surface area contributed by atoms with Crippen LogP contribution in [0.15, 0.2) is 41.8 Å². The summed E-state index contributed by atoms with van der Waals surface area (Å²) in [6.45, 7) is 0. The van der Waals surface area contributed by atoms with Gasteiger partial charge in [-0.15, -0.1) is 11.3 Å². The Morgan fingerprint density at radius 1 is 1.21 bits per heavy atom. The minimum Gasteiger partial charge on any atom is -0.313 e. The monoisotopic (exact) mass is 271 g/mol. The molecule has 19 heavy (non-hydrogen) atoms. The first-order valence-electron chi connectivity index (χ1n) is 7.16. The highest BCUT2D eigenvalue weighted by Gasteiger charge is 2.19. The molecule has 1 atom stereocenters. The highest BCUT2D eigenvalue weighted by Crippen LogP contribution is 2.36. The number of hydrogen-bond acceptors (Lipinski definition) is 2. The Bertz CT molecular complexity index is 497. The van der Waals surface area contributed by atoms with Crippen molar-refractivity contribution < 1.29 is 0 Å². The number of nitrogens with one attached hydrogen (secondary N) is 1. The number of thiophene rings is 1. The summed E-state index contributed by atoms with van der Waals surface area (Å²) in [6.07, 6.45) is 5.24. The number of likely N-dealkylation sites (N-methyl/N-ethyl adjacent to an activating group) is 1. The van der Waals surface area contributed by atoms with Gasteiger partial charge in [0.2, 0.25) is 0 Å². The molecule has 1 aromatic heterocycles. The highest BCUT2D eigenvalue weighted by molar-refractivity contribution is 7.09. The van der Waals surface area contributed by atoms with Gasteiger partial charge in [0.1, 0.15) is 0 Å². The molecule has 3 rings (SSSR count). The van der Waals surface area contributed by atoms with Crippen LogP contribution in [-0.4, -0.2) is 7.05 Å². The molecule has 0 saturated heterocycles. The van der Waals surface area contributed by atoms with E-state index in [1.165, 1.54) is 35.3 Å². The molecule has 1 N–H and O–H groups in total. The molecule has 2 heteroatoms. The van der Waals surface area contributed by atoms with Crippen LogP contribution in [0.2, 0.25) is 0 Å². The Kier molecular flexibility index (Phi) is 4.00. The zero-order chi connectivity index (χ0) is 13.1. The molecule has 0 aliphatic heterocycles. The number of rotatable bonds is 5. The molecule has 1 saturated carbocycles. The van der Waals surface area contributed by atoms with Gasteiger partial charge in [-0.3, -0.25) is 0 Å². The molecule has 1 aliphatic carbocycles. The summed E-state index contributed by atoms with van der Waals surface area (Å²) >= 11 is 1.84. The van der Waals surface area contributed by atoms with E-state index in [1.807, 2.05) is 11.3 Å². The van der Waals surface area contributed by atoms with Gasteiger partial charge in [0.05, 0.1) is 0 Å². The molecular formula is C17H21NS. The van der Waals surface area contributed by atoms with E-state index in [0.29, 0.717) is 6.04 Å². The molecule has 2 aromatic rings. The van der Waals surface area contributed by atoms with Crippen LogP contribution in [0.1, 0.15) is 47.2 Å². The van der Waals surface area contributed by atoms with E-state index in [9.17, 15) is 0 Å². The van der Waals surface area contributed by atoms with E-state index in [1.54, 1.807) is 0 Å². The first kappa shape index (κ1) is 12.9. The van der Waals surface area contributed by atoms with Crippen LogP contribution < -0.4 is 5.32 Å². The summed E-state index contributed by atoms with van der Waals surface area (Å²) in [7, 11) is 2.05. The standard InChI is InChI=1S/C17H21NS/c1-18-17(12-16-6-3-11-19-16)15-9-7-14(8-10-15)13-4-2-5-13/h3,6-11,13,17-18H,2,4-5,12H2,1H3. The average Bonchev–Trinajstić information content (AvgIpc) is 2.88. The van der Waals surface area contributed by atoms with Gasteiger partial charge in [-0.25, -0.2) is 0 Å². The molecule has 1 unspecified atom stereocenters. The summed E-state index contributed by atoms with van der Waals surface area (Å²) in [5, 5.41) is 5.59. The lowest BCUT2D eigenvalue weighted by atomic mass is 9.80. The van der Waals surface area contributed by atoms with Gasteiger partial charge in [-0.1, -0.05) is 36.8 Å². The lowest BCUT2D eigenvalue weighted by Gasteiger charge is -2.26. The van der Waals surface area contributed by atoms with Crippen LogP contribution in [0.5, 0.6) is 0 Å². The zero-order valence-electron chi connectivity index (χ0n) is 11.4. The predicted molar refractivity (Wildman–Crippen MR) is 82.9 cm³/mol. The van der Waals surface area contributed by atoms with Crippen LogP contribution in [0.3, 0.4) is 0 Å². The molecule has 0 spiro atoms. The summed E-state index contributed by atoms with van der Waals surface area (Å²) < 4.78 is 0. The largest absolute Gasteiger partial charge is 0.313 e. The molecule has 0 amide bonds. The summed E-state index contributed by atoms with van der Waals surface area (Å²) in [5.41, 5.74) is 2.93. The maximum atomic E-state index is 3.44. The lowest BCUT2D eigenvalue weighted by molar-refractivity contribution is 0.419. The van der Waals surface area contributed by atoms with E-state index in [4.69, 9.17) is 0 Å². The van der Waals surface area contributed by atoms with Crippen molar-refractivity contribution in [3.63, 3.8) is 0 Å². The van der Waals surface area contributed by atoms with Crippen molar-refractivity contribution in [2.45, 2.75) is 37.6 Å². The van der Waals surface area contributed by atoms with E-state index in [0.717, 1.165) is 12.3 Å². The Morgan fingerprint density at radius 3 is 2.53 bits per heavy atom. The minimum atomic E-state index is 0.425. The van der Waals surface area contributed by atoms with Crippen molar-refractivity contribution in [3.8, 4) is 0 Å². The smallest absolute Gasteiger partial charge is 0.0366 e. The topological polar surface area (TPSA) is 12.0 Å². The maximum Gasteiger partial charge on any atom is 0.0366 e. The lowest BCUT2D eigenvalue weighted by Crippen LogP contribution is -2.18. The highest BCUT2D eigenvalue weighted by atomic mass is 32.1. The molecule has 0 bridgehead atoms. The van der Waals surface area contributed by atoms with E-state index in [-0.39, 0.29) is 0 Å². The van der Waals surface area contributed by atoms with Crippen LogP contribution in [0, 0.1) is 0 Å². The van der Waals surface area contributed by atoms with Crippen molar-refractivity contribution in [3.05, 3.63) is 57.8 Å².